The van der Waals surface area contributed by atoms with E-state index in [-0.39, 0.29) is 20.1 Å². The maximum absolute atomic E-state index is 4.79. The van der Waals surface area contributed by atoms with Crippen LogP contribution in [0.4, 0.5) is 0 Å². The standard InChI is InChI=1S/C34H24N5.Ir/c1-24-36-31-21-20-27(22-32(31)39(24)28-16-9-4-10-17-28)34-37-35-23-38(34)33-29(25-12-5-2-6-13-25)18-11-19-30(33)26-14-7-3-8-15-26;/h2-19,21-23H,1H3;/q-1;. The van der Waals surface area contributed by atoms with Gasteiger partial charge in [0.2, 0.25) is 0 Å². The quantitative estimate of drug-likeness (QED) is 0.174. The molecule has 5 aromatic carbocycles. The van der Waals surface area contributed by atoms with Crippen LogP contribution < -0.4 is 0 Å². The number of para-hydroxylation sites is 2. The molecule has 7 rings (SSSR count). The first-order valence-corrected chi connectivity index (χ1v) is 12.9. The number of rotatable bonds is 5. The zero-order chi connectivity index (χ0) is 26.2. The molecule has 0 atom stereocenters. The van der Waals surface area contributed by atoms with E-state index in [1.165, 1.54) is 0 Å². The molecule has 0 aliphatic rings. The zero-order valence-corrected chi connectivity index (χ0v) is 24.1. The molecule has 2 aromatic heterocycles. The molecule has 0 aliphatic carbocycles. The molecule has 6 heteroatoms. The Morgan fingerprint density at radius 2 is 1.30 bits per heavy atom. The van der Waals surface area contributed by atoms with Crippen molar-refractivity contribution in [2.24, 2.45) is 0 Å². The Morgan fingerprint density at radius 1 is 0.700 bits per heavy atom. The van der Waals surface area contributed by atoms with E-state index >= 15 is 0 Å². The number of imidazole rings is 1. The number of nitrogens with zero attached hydrogens (tertiary/aromatic N) is 5. The van der Waals surface area contributed by atoms with Gasteiger partial charge in [-0.3, -0.25) is 4.98 Å². The first-order chi connectivity index (χ1) is 19.3. The monoisotopic (exact) mass is 695 g/mol. The number of hydrogen-bond donors (Lipinski definition) is 0. The van der Waals surface area contributed by atoms with E-state index in [2.05, 4.69) is 110 Å². The van der Waals surface area contributed by atoms with E-state index < -0.39 is 0 Å². The maximum atomic E-state index is 4.79. The van der Waals surface area contributed by atoms with Crippen molar-refractivity contribution in [3.63, 3.8) is 0 Å². The van der Waals surface area contributed by atoms with Gasteiger partial charge < -0.3 is 9.13 Å². The number of benzene rings is 5. The van der Waals surface area contributed by atoms with Crippen molar-refractivity contribution < 1.29 is 20.1 Å². The van der Waals surface area contributed by atoms with Gasteiger partial charge in [0, 0.05) is 42.4 Å². The SMILES string of the molecule is Cc1nc2c[c-]c(-c3nncn3-c3c(-c4ccccc4)cccc3-c3ccccc3)cc2n1-c1ccccc1.[Ir]. The summed E-state index contributed by atoms with van der Waals surface area (Å²) in [5.41, 5.74) is 9.28. The van der Waals surface area contributed by atoms with Crippen molar-refractivity contribution >= 4 is 11.0 Å². The molecule has 0 saturated carbocycles. The molecule has 0 N–H and O–H groups in total. The minimum absolute atomic E-state index is 0. The van der Waals surface area contributed by atoms with Crippen molar-refractivity contribution in [1.82, 2.24) is 24.3 Å². The third-order valence-corrected chi connectivity index (χ3v) is 7.00. The van der Waals surface area contributed by atoms with Crippen LogP contribution in [0.1, 0.15) is 5.82 Å². The van der Waals surface area contributed by atoms with Gasteiger partial charge >= 0.3 is 0 Å². The molecule has 0 amide bonds. The molecular formula is C34H24IrN5-. The van der Waals surface area contributed by atoms with E-state index in [0.29, 0.717) is 0 Å². The zero-order valence-electron chi connectivity index (χ0n) is 21.7. The van der Waals surface area contributed by atoms with Gasteiger partial charge in [0.05, 0.1) is 17.3 Å². The third-order valence-electron chi connectivity index (χ3n) is 7.00. The van der Waals surface area contributed by atoms with Gasteiger partial charge in [-0.1, -0.05) is 97.1 Å². The minimum atomic E-state index is 0. The molecule has 0 fully saturated rings. The van der Waals surface area contributed by atoms with Gasteiger partial charge in [-0.25, -0.2) is 0 Å². The van der Waals surface area contributed by atoms with Gasteiger partial charge in [0.1, 0.15) is 6.33 Å². The number of hydrogen-bond acceptors (Lipinski definition) is 3. The second-order valence-corrected chi connectivity index (χ2v) is 9.41. The third kappa shape index (κ3) is 4.47. The fourth-order valence-electron chi connectivity index (χ4n) is 5.26. The molecular weight excluding hydrogens is 671 g/mol. The van der Waals surface area contributed by atoms with Crippen LogP contribution >= 0.6 is 0 Å². The van der Waals surface area contributed by atoms with Gasteiger partial charge in [0.15, 0.2) is 0 Å². The van der Waals surface area contributed by atoms with Crippen LogP contribution in [0.15, 0.2) is 128 Å². The van der Waals surface area contributed by atoms with E-state index in [1.54, 1.807) is 6.33 Å². The Morgan fingerprint density at radius 3 is 1.93 bits per heavy atom. The normalized spacial score (nSPS) is 10.9. The Hall–Kier alpha value is -4.64. The summed E-state index contributed by atoms with van der Waals surface area (Å²) in [7, 11) is 0. The van der Waals surface area contributed by atoms with Crippen molar-refractivity contribution in [1.29, 1.82) is 0 Å². The molecule has 0 saturated heterocycles. The summed E-state index contributed by atoms with van der Waals surface area (Å²) in [4.78, 5) is 4.79. The van der Waals surface area contributed by atoms with Gasteiger partial charge in [-0.2, -0.15) is 5.10 Å². The molecule has 195 valence electrons. The molecule has 0 unspecified atom stereocenters. The van der Waals surface area contributed by atoms with Gasteiger partial charge in [-0.15, -0.1) is 28.9 Å². The van der Waals surface area contributed by atoms with Crippen LogP contribution in [0.2, 0.25) is 0 Å². The first kappa shape index (κ1) is 25.6. The Kier molecular flexibility index (Phi) is 6.95. The van der Waals surface area contributed by atoms with Crippen LogP contribution in [-0.4, -0.2) is 24.3 Å². The minimum Gasteiger partial charge on any atom is -0.322 e. The van der Waals surface area contributed by atoms with Crippen molar-refractivity contribution in [2.45, 2.75) is 6.92 Å². The topological polar surface area (TPSA) is 48.5 Å². The summed E-state index contributed by atoms with van der Waals surface area (Å²) in [6.07, 6.45) is 1.79. The molecule has 7 aromatic rings. The van der Waals surface area contributed by atoms with Crippen LogP contribution in [-0.2, 0) is 20.1 Å². The largest absolute Gasteiger partial charge is 0.322 e. The second kappa shape index (κ2) is 10.9. The molecule has 5 nitrogen and oxygen atoms in total. The predicted octanol–water partition coefficient (Wildman–Crippen LogP) is 7.71. The second-order valence-electron chi connectivity index (χ2n) is 9.41. The summed E-state index contributed by atoms with van der Waals surface area (Å²) < 4.78 is 4.25. The van der Waals surface area contributed by atoms with Crippen molar-refractivity contribution in [3.8, 4) is 45.0 Å². The van der Waals surface area contributed by atoms with Crippen LogP contribution in [0, 0.1) is 13.0 Å². The predicted molar refractivity (Wildman–Crippen MR) is 156 cm³/mol. The Balaban J connectivity index is 0.00000289. The van der Waals surface area contributed by atoms with Crippen molar-refractivity contribution in [2.75, 3.05) is 0 Å². The molecule has 1 radical (unpaired) electrons. The fourth-order valence-corrected chi connectivity index (χ4v) is 5.26. The molecule has 0 spiro atoms. The molecule has 2 heterocycles. The molecule has 0 bridgehead atoms. The molecule has 0 aliphatic heterocycles. The first-order valence-electron chi connectivity index (χ1n) is 12.9. The van der Waals surface area contributed by atoms with Crippen LogP contribution in [0.5, 0.6) is 0 Å². The fraction of sp³-hybridized carbons (Fsp3) is 0.0294. The average molecular weight is 695 g/mol. The van der Waals surface area contributed by atoms with Gasteiger partial charge in [0.25, 0.3) is 0 Å². The molecule has 40 heavy (non-hydrogen) atoms. The summed E-state index contributed by atoms with van der Waals surface area (Å²) in [5.74, 6) is 1.64. The smallest absolute Gasteiger partial charge is 0.115 e. The summed E-state index contributed by atoms with van der Waals surface area (Å²) in [6, 6.07) is 45.1. The number of fused-ring (bicyclic) bond motifs is 1. The van der Waals surface area contributed by atoms with E-state index in [0.717, 1.165) is 61.9 Å². The van der Waals surface area contributed by atoms with Gasteiger partial charge in [-0.05, 0) is 35.7 Å². The summed E-state index contributed by atoms with van der Waals surface area (Å²) >= 11 is 0. The van der Waals surface area contributed by atoms with Crippen molar-refractivity contribution in [3.05, 3.63) is 140 Å². The van der Waals surface area contributed by atoms with E-state index in [9.17, 15) is 0 Å². The number of aryl methyl sites for hydroxylation is 1. The van der Waals surface area contributed by atoms with E-state index in [1.807, 2.05) is 43.3 Å². The number of aromatic nitrogens is 5. The summed E-state index contributed by atoms with van der Waals surface area (Å²) in [6.45, 7) is 2.03. The Bertz CT molecular complexity index is 1850. The van der Waals surface area contributed by atoms with Crippen LogP contribution in [0.25, 0.3) is 56.0 Å². The Labute approximate surface area is 246 Å². The maximum Gasteiger partial charge on any atom is 0.115 e. The average Bonchev–Trinajstić information content (AvgIpc) is 3.61. The van der Waals surface area contributed by atoms with Crippen LogP contribution in [0.3, 0.4) is 0 Å². The summed E-state index contributed by atoms with van der Waals surface area (Å²) in [5, 5.41) is 8.98. The van der Waals surface area contributed by atoms with E-state index in [4.69, 9.17) is 4.98 Å².